The molecule has 0 rings (SSSR count). The molecule has 0 aliphatic rings. The summed E-state index contributed by atoms with van der Waals surface area (Å²) in [5, 5.41) is 7.90. The van der Waals surface area contributed by atoms with Gasteiger partial charge in [-0.3, -0.25) is 0 Å². The van der Waals surface area contributed by atoms with Gasteiger partial charge in [-0.25, -0.2) is 13.6 Å². The minimum Gasteiger partial charge on any atom is -0.478 e. The van der Waals surface area contributed by atoms with Gasteiger partial charge in [-0.2, -0.15) is 17.6 Å². The molecule has 0 aromatic rings. The quantitative estimate of drug-likeness (QED) is 0.584. The third kappa shape index (κ3) is 1.83. The number of hydrogen-bond donors (Lipinski definition) is 1. The van der Waals surface area contributed by atoms with Crippen LogP contribution in [0.15, 0.2) is 12.2 Å². The second-order valence-corrected chi connectivity index (χ2v) is 2.28. The molecule has 0 saturated heterocycles. The van der Waals surface area contributed by atoms with Gasteiger partial charge in [0.25, 0.3) is 0 Å². The number of halogens is 6. The van der Waals surface area contributed by atoms with E-state index in [9.17, 15) is 31.1 Å². The van der Waals surface area contributed by atoms with E-state index >= 15 is 0 Å². The van der Waals surface area contributed by atoms with Crippen LogP contribution in [0.2, 0.25) is 0 Å². The smallest absolute Gasteiger partial charge is 0.373 e. The summed E-state index contributed by atoms with van der Waals surface area (Å²) in [7, 11) is 0. The fourth-order valence-corrected chi connectivity index (χ4v) is 0.473. The third-order valence-electron chi connectivity index (χ3n) is 1.33. The molecule has 0 fully saturated rings. The summed E-state index contributed by atoms with van der Waals surface area (Å²) < 4.78 is 71.9. The van der Waals surface area contributed by atoms with Gasteiger partial charge in [0.15, 0.2) is 0 Å². The Labute approximate surface area is 73.8 Å². The van der Waals surface area contributed by atoms with E-state index < -0.39 is 29.8 Å². The molecule has 14 heavy (non-hydrogen) atoms. The molecular formula is C6H4F6O2. The number of carboxylic acid groups (broad SMARTS) is 1. The highest BCUT2D eigenvalue weighted by Gasteiger charge is 2.65. The van der Waals surface area contributed by atoms with Crippen LogP contribution in [-0.4, -0.2) is 29.3 Å². The van der Waals surface area contributed by atoms with Crippen LogP contribution in [0.3, 0.4) is 0 Å². The lowest BCUT2D eigenvalue weighted by atomic mass is 10.0. The average Bonchev–Trinajstić information content (AvgIpc) is 2.01. The van der Waals surface area contributed by atoms with Crippen LogP contribution in [0.1, 0.15) is 0 Å². The third-order valence-corrected chi connectivity index (χ3v) is 1.33. The van der Waals surface area contributed by atoms with Gasteiger partial charge in [0.05, 0.1) is 0 Å². The van der Waals surface area contributed by atoms with E-state index in [2.05, 4.69) is 6.58 Å². The summed E-state index contributed by atoms with van der Waals surface area (Å²) in [6, 6.07) is 0. The van der Waals surface area contributed by atoms with E-state index in [0.29, 0.717) is 0 Å². The van der Waals surface area contributed by atoms with Gasteiger partial charge in [0.1, 0.15) is 5.57 Å². The molecule has 0 saturated carbocycles. The zero-order valence-corrected chi connectivity index (χ0v) is 6.41. The molecule has 0 spiro atoms. The lowest BCUT2D eigenvalue weighted by Crippen LogP contribution is -2.48. The zero-order chi connectivity index (χ0) is 11.7. The van der Waals surface area contributed by atoms with E-state index in [1.165, 1.54) is 0 Å². The predicted octanol–water partition coefficient (Wildman–Crippen LogP) is 2.16. The first-order valence-electron chi connectivity index (χ1n) is 3.01. The molecule has 0 radical (unpaired) electrons. The summed E-state index contributed by atoms with van der Waals surface area (Å²) in [6.07, 6.45) is -4.67. The number of hydrogen-bond acceptors (Lipinski definition) is 1. The van der Waals surface area contributed by atoms with Crippen molar-refractivity contribution >= 4 is 5.97 Å². The summed E-state index contributed by atoms with van der Waals surface area (Å²) in [5.74, 6) is -13.7. The molecule has 8 heteroatoms. The van der Waals surface area contributed by atoms with Crippen molar-refractivity contribution in [3.63, 3.8) is 0 Å². The fourth-order valence-electron chi connectivity index (χ4n) is 0.473. The largest absolute Gasteiger partial charge is 0.478 e. The molecule has 0 aromatic carbocycles. The molecule has 0 unspecified atom stereocenters. The zero-order valence-electron chi connectivity index (χ0n) is 6.41. The van der Waals surface area contributed by atoms with Gasteiger partial charge in [-0.05, 0) is 0 Å². The SMILES string of the molecule is C=C(C(=O)O)C(F)(F)C(F)(F)C(F)F. The van der Waals surface area contributed by atoms with Crippen LogP contribution in [0.4, 0.5) is 26.3 Å². The number of alkyl halides is 6. The molecular weight excluding hydrogens is 218 g/mol. The average molecular weight is 222 g/mol. The first kappa shape index (κ1) is 12.8. The van der Waals surface area contributed by atoms with Crippen molar-refractivity contribution in [1.29, 1.82) is 0 Å². The number of rotatable bonds is 4. The van der Waals surface area contributed by atoms with E-state index in [-0.39, 0.29) is 0 Å². The van der Waals surface area contributed by atoms with Crippen LogP contribution in [0.25, 0.3) is 0 Å². The van der Waals surface area contributed by atoms with Crippen LogP contribution in [0, 0.1) is 0 Å². The first-order valence-corrected chi connectivity index (χ1v) is 3.01. The van der Waals surface area contributed by atoms with Gasteiger partial charge in [0.2, 0.25) is 0 Å². The lowest BCUT2D eigenvalue weighted by molar-refractivity contribution is -0.247. The Balaban J connectivity index is 5.14. The van der Waals surface area contributed by atoms with Crippen LogP contribution < -0.4 is 0 Å². The monoisotopic (exact) mass is 222 g/mol. The molecule has 0 aliphatic carbocycles. The van der Waals surface area contributed by atoms with Crippen LogP contribution in [0.5, 0.6) is 0 Å². The van der Waals surface area contributed by atoms with Crippen LogP contribution in [-0.2, 0) is 4.79 Å². The van der Waals surface area contributed by atoms with Gasteiger partial charge >= 0.3 is 24.2 Å². The Morgan fingerprint density at radius 3 is 1.79 bits per heavy atom. The first-order chi connectivity index (χ1) is 6.05. The highest BCUT2D eigenvalue weighted by atomic mass is 19.3. The second-order valence-electron chi connectivity index (χ2n) is 2.28. The van der Waals surface area contributed by atoms with Crippen molar-refractivity contribution in [2.75, 3.05) is 0 Å². The maximum absolute atomic E-state index is 12.4. The standard InChI is InChI=1S/C6H4F6O2/c1-2(3(13)14)5(9,10)6(11,12)4(7)8/h4H,1H2,(H,13,14). The maximum atomic E-state index is 12.4. The summed E-state index contributed by atoms with van der Waals surface area (Å²) >= 11 is 0. The van der Waals surface area contributed by atoms with E-state index in [1.807, 2.05) is 0 Å². The van der Waals surface area contributed by atoms with E-state index in [0.717, 1.165) is 0 Å². The Hall–Kier alpha value is -1.21. The molecule has 0 heterocycles. The van der Waals surface area contributed by atoms with Crippen LogP contribution >= 0.6 is 0 Å². The minimum atomic E-state index is -5.75. The minimum absolute atomic E-state index is 2.11. The molecule has 0 aromatic heterocycles. The Bertz CT molecular complexity index is 259. The van der Waals surface area contributed by atoms with Crippen molar-refractivity contribution in [2.45, 2.75) is 18.3 Å². The highest BCUT2D eigenvalue weighted by Crippen LogP contribution is 2.43. The fraction of sp³-hybridized carbons (Fsp3) is 0.500. The van der Waals surface area contributed by atoms with E-state index in [4.69, 9.17) is 5.11 Å². The normalized spacial score (nSPS) is 13.1. The van der Waals surface area contributed by atoms with Crippen molar-refractivity contribution in [3.8, 4) is 0 Å². The van der Waals surface area contributed by atoms with Gasteiger partial charge < -0.3 is 5.11 Å². The van der Waals surface area contributed by atoms with Crippen molar-refractivity contribution < 1.29 is 36.2 Å². The molecule has 1 N–H and O–H groups in total. The van der Waals surface area contributed by atoms with Crippen molar-refractivity contribution in [2.24, 2.45) is 0 Å². The van der Waals surface area contributed by atoms with Gasteiger partial charge in [-0.1, -0.05) is 6.58 Å². The highest BCUT2D eigenvalue weighted by molar-refractivity contribution is 5.88. The van der Waals surface area contributed by atoms with Gasteiger partial charge in [-0.15, -0.1) is 0 Å². The molecule has 82 valence electrons. The summed E-state index contributed by atoms with van der Waals surface area (Å²) in [6.45, 7) is 2.11. The summed E-state index contributed by atoms with van der Waals surface area (Å²) in [4.78, 5) is 9.86. The Kier molecular flexibility index (Phi) is 3.20. The Morgan fingerprint density at radius 2 is 1.57 bits per heavy atom. The Morgan fingerprint density at radius 1 is 1.21 bits per heavy atom. The molecule has 0 atom stereocenters. The molecule has 0 amide bonds. The number of aliphatic carboxylic acids is 1. The van der Waals surface area contributed by atoms with Crippen molar-refractivity contribution in [1.82, 2.24) is 0 Å². The number of carboxylic acids is 1. The van der Waals surface area contributed by atoms with Gasteiger partial charge in [0, 0.05) is 0 Å². The van der Waals surface area contributed by atoms with Crippen molar-refractivity contribution in [3.05, 3.63) is 12.2 Å². The second kappa shape index (κ2) is 3.50. The number of carbonyl (C=O) groups is 1. The molecule has 0 bridgehead atoms. The predicted molar refractivity (Wildman–Crippen MR) is 32.7 cm³/mol. The molecule has 2 nitrogen and oxygen atoms in total. The lowest BCUT2D eigenvalue weighted by Gasteiger charge is -2.25. The van der Waals surface area contributed by atoms with E-state index in [1.54, 1.807) is 0 Å². The summed E-state index contributed by atoms with van der Waals surface area (Å²) in [5.41, 5.74) is -2.28. The maximum Gasteiger partial charge on any atom is 0.373 e. The topological polar surface area (TPSA) is 37.3 Å². The molecule has 0 aliphatic heterocycles.